The van der Waals surface area contributed by atoms with Crippen LogP contribution in [-0.4, -0.2) is 49.6 Å². The predicted octanol–water partition coefficient (Wildman–Crippen LogP) is 2.11. The van der Waals surface area contributed by atoms with Crippen molar-refractivity contribution in [3.05, 3.63) is 22.6 Å². The van der Waals surface area contributed by atoms with Gasteiger partial charge in [0, 0.05) is 6.54 Å². The predicted molar refractivity (Wildman–Crippen MR) is 69.9 cm³/mol. The first-order chi connectivity index (χ1) is 6.24. The number of rotatable bonds is 1. The van der Waals surface area contributed by atoms with Crippen LogP contribution in [0.2, 0.25) is 0 Å². The van der Waals surface area contributed by atoms with Gasteiger partial charge in [0.25, 0.3) is 0 Å². The molecule has 0 spiro atoms. The molecule has 0 N–H and O–H groups in total. The van der Waals surface area contributed by atoms with Gasteiger partial charge in [-0.25, -0.2) is 0 Å². The van der Waals surface area contributed by atoms with Crippen molar-refractivity contribution in [2.45, 2.75) is 12.5 Å². The van der Waals surface area contributed by atoms with Crippen molar-refractivity contribution in [2.24, 2.45) is 0 Å². The third-order valence-electron chi connectivity index (χ3n) is 3.38. The molecule has 2 rings (SSSR count). The second-order valence-electron chi connectivity index (χ2n) is 6.58. The van der Waals surface area contributed by atoms with E-state index in [1.54, 1.807) is 10.5 Å². The van der Waals surface area contributed by atoms with Crippen molar-refractivity contribution >= 4 is 9.16 Å². The summed E-state index contributed by atoms with van der Waals surface area (Å²) >= 11 is 0. The Hall–Kier alpha value is -0.210. The highest BCUT2D eigenvalue weighted by Gasteiger charge is 2.35. The van der Waals surface area contributed by atoms with Gasteiger partial charge in [0.2, 0.25) is 0 Å². The third-order valence-corrected chi connectivity index (χ3v) is 5.99. The molecule has 1 unspecified atom stereocenters. The molecule has 0 radical (unpaired) electrons. The van der Waals surface area contributed by atoms with Crippen molar-refractivity contribution in [3.8, 4) is 0 Å². The molecule has 0 saturated heterocycles. The molecular weight excluding hydrogens is 190 g/mol. The number of fused-ring (bicyclic) bond motifs is 1. The molecule has 2 heteroatoms. The van der Waals surface area contributed by atoms with E-state index in [9.17, 15) is 0 Å². The van der Waals surface area contributed by atoms with Crippen LogP contribution < -0.4 is 0 Å². The Kier molecular flexibility index (Phi) is 1.97. The lowest BCUT2D eigenvalue weighted by Crippen LogP contribution is -2.24. The zero-order valence-electron chi connectivity index (χ0n) is 10.0. The van der Waals surface area contributed by atoms with E-state index >= 15 is 0 Å². The van der Waals surface area contributed by atoms with Crippen LogP contribution in [0.4, 0.5) is 0 Å². The van der Waals surface area contributed by atoms with Crippen LogP contribution in [0.15, 0.2) is 22.6 Å². The van der Waals surface area contributed by atoms with E-state index in [1.807, 2.05) is 0 Å². The molecule has 1 heterocycles. The van der Waals surface area contributed by atoms with E-state index < -0.39 is 9.16 Å². The molecule has 2 aliphatic rings. The Labute approximate surface area is 88.1 Å². The van der Waals surface area contributed by atoms with Crippen LogP contribution in [-0.2, 0) is 0 Å². The lowest BCUT2D eigenvalue weighted by molar-refractivity contribution is 0.372. The largest absolute Gasteiger partial charge is 0.293 e. The zero-order chi connectivity index (χ0) is 10.6. The van der Waals surface area contributed by atoms with E-state index in [0.29, 0.717) is 6.04 Å². The fourth-order valence-corrected chi connectivity index (χ4v) is 3.81. The summed E-state index contributed by atoms with van der Waals surface area (Å²) in [6.07, 6.45) is 16.0. The first kappa shape index (κ1) is 10.3. The average molecular weight is 213 g/mol. The molecule has 0 bridgehead atoms. The van der Waals surface area contributed by atoms with Gasteiger partial charge in [-0.3, -0.25) is 14.1 Å². The van der Waals surface area contributed by atoms with Crippen LogP contribution in [0.3, 0.4) is 0 Å². The summed E-state index contributed by atoms with van der Waals surface area (Å²) in [5.74, 6) is 0. The van der Waals surface area contributed by atoms with E-state index in [4.69, 9.17) is 0 Å². The van der Waals surface area contributed by atoms with Gasteiger partial charge in [-0.05, 0) is 49.0 Å². The normalized spacial score (nSPS) is 30.6. The van der Waals surface area contributed by atoms with Gasteiger partial charge in [-0.2, -0.15) is 0 Å². The standard InChI is InChI=1S/C12H23NS/c1-13-7-6-10-8-11(9-12(10)13)14(2,3,4)5/h6,9,12,14H,7-8H2,1-5H3. The van der Waals surface area contributed by atoms with Crippen LogP contribution in [0, 0.1) is 0 Å². The molecule has 82 valence electrons. The number of hydrogen-bond acceptors (Lipinski definition) is 1. The van der Waals surface area contributed by atoms with Gasteiger partial charge < -0.3 is 0 Å². The first-order valence-corrected chi connectivity index (χ1v) is 9.37. The highest BCUT2D eigenvalue weighted by Crippen LogP contribution is 2.66. The summed E-state index contributed by atoms with van der Waals surface area (Å²) in [6, 6.07) is 0.631. The number of thiol groups is 1. The summed E-state index contributed by atoms with van der Waals surface area (Å²) in [5.41, 5.74) is 1.64. The summed E-state index contributed by atoms with van der Waals surface area (Å²) < 4.78 is 0. The van der Waals surface area contributed by atoms with Gasteiger partial charge >= 0.3 is 0 Å². The fraction of sp³-hybridized carbons (Fsp3) is 0.667. The zero-order valence-corrected chi connectivity index (χ0v) is 10.9. The Balaban J connectivity index is 2.29. The fourth-order valence-electron chi connectivity index (χ4n) is 2.25. The van der Waals surface area contributed by atoms with E-state index in [2.05, 4.69) is 49.1 Å². The van der Waals surface area contributed by atoms with Crippen molar-refractivity contribution in [3.63, 3.8) is 0 Å². The highest BCUT2D eigenvalue weighted by atomic mass is 32.3. The summed E-state index contributed by atoms with van der Waals surface area (Å²) in [7, 11) is 0.732. The molecule has 1 nitrogen and oxygen atoms in total. The maximum Gasteiger partial charge on any atom is 0.0504 e. The summed E-state index contributed by atoms with van der Waals surface area (Å²) in [5, 5.41) is 0. The number of nitrogens with zero attached hydrogens (tertiary/aromatic N) is 1. The quantitative estimate of drug-likeness (QED) is 0.516. The molecule has 0 aromatic heterocycles. The molecular formula is C12H23NS. The van der Waals surface area contributed by atoms with E-state index in [0.717, 1.165) is 6.54 Å². The Morgan fingerprint density at radius 1 is 1.29 bits per heavy atom. The molecule has 0 aromatic carbocycles. The van der Waals surface area contributed by atoms with Gasteiger partial charge in [-0.1, -0.05) is 12.2 Å². The van der Waals surface area contributed by atoms with E-state index in [1.165, 1.54) is 6.42 Å². The molecule has 0 fully saturated rings. The average Bonchev–Trinajstić information content (AvgIpc) is 2.49. The molecule has 0 aromatic rings. The smallest absolute Gasteiger partial charge is 0.0504 e. The van der Waals surface area contributed by atoms with Crippen molar-refractivity contribution in [1.29, 1.82) is 0 Å². The lowest BCUT2D eigenvalue weighted by atomic mass is 10.2. The molecule has 1 aliphatic carbocycles. The Morgan fingerprint density at radius 3 is 2.43 bits per heavy atom. The minimum atomic E-state index is -1.49. The molecule has 0 saturated carbocycles. The molecule has 1 aliphatic heterocycles. The third kappa shape index (κ3) is 1.66. The Morgan fingerprint density at radius 2 is 1.93 bits per heavy atom. The van der Waals surface area contributed by atoms with Crippen molar-refractivity contribution in [1.82, 2.24) is 4.90 Å². The summed E-state index contributed by atoms with van der Waals surface area (Å²) in [4.78, 5) is 4.16. The highest BCUT2D eigenvalue weighted by molar-refractivity contribution is 8.50. The second-order valence-corrected chi connectivity index (χ2v) is 14.3. The van der Waals surface area contributed by atoms with Crippen molar-refractivity contribution in [2.75, 3.05) is 38.6 Å². The van der Waals surface area contributed by atoms with Gasteiger partial charge in [-0.15, -0.1) is 0 Å². The van der Waals surface area contributed by atoms with Gasteiger partial charge in [0.15, 0.2) is 0 Å². The van der Waals surface area contributed by atoms with Crippen LogP contribution in [0.25, 0.3) is 0 Å². The lowest BCUT2D eigenvalue weighted by Gasteiger charge is -2.49. The molecule has 14 heavy (non-hydrogen) atoms. The Bertz CT molecular complexity index is 321. The minimum absolute atomic E-state index is 0.631. The molecule has 1 atom stereocenters. The number of allylic oxidation sites excluding steroid dienone is 1. The second kappa shape index (κ2) is 2.67. The topological polar surface area (TPSA) is 3.24 Å². The van der Waals surface area contributed by atoms with Crippen LogP contribution in [0.5, 0.6) is 0 Å². The maximum atomic E-state index is 2.52. The van der Waals surface area contributed by atoms with E-state index in [-0.39, 0.29) is 0 Å². The SMILES string of the molecule is CN1CC=C2CC([SH](C)(C)(C)C)=CC21. The van der Waals surface area contributed by atoms with Crippen LogP contribution >= 0.6 is 9.16 Å². The minimum Gasteiger partial charge on any atom is -0.293 e. The maximum absolute atomic E-state index is 2.52. The van der Waals surface area contributed by atoms with Gasteiger partial charge in [0.1, 0.15) is 0 Å². The number of hydrogen-bond donors (Lipinski definition) is 1. The van der Waals surface area contributed by atoms with Crippen LogP contribution in [0.1, 0.15) is 6.42 Å². The first-order valence-electron chi connectivity index (χ1n) is 5.35. The molecule has 0 amide bonds. The number of likely N-dealkylation sites (N-methyl/N-ethyl adjacent to an activating group) is 1. The summed E-state index contributed by atoms with van der Waals surface area (Å²) in [6.45, 7) is 1.14. The van der Waals surface area contributed by atoms with Crippen molar-refractivity contribution < 1.29 is 0 Å². The van der Waals surface area contributed by atoms with Gasteiger partial charge in [0.05, 0.1) is 6.04 Å². The monoisotopic (exact) mass is 213 g/mol.